The van der Waals surface area contributed by atoms with Gasteiger partial charge in [-0.3, -0.25) is 4.79 Å². The highest BCUT2D eigenvalue weighted by molar-refractivity contribution is 6.00. The molecule has 25 heavy (non-hydrogen) atoms. The van der Waals surface area contributed by atoms with Gasteiger partial charge in [-0.1, -0.05) is 30.3 Å². The molecule has 1 N–H and O–H groups in total. The van der Waals surface area contributed by atoms with Gasteiger partial charge in [0.1, 0.15) is 5.69 Å². The molecule has 132 valence electrons. The van der Waals surface area contributed by atoms with Crippen LogP contribution < -0.4 is 0 Å². The quantitative estimate of drug-likeness (QED) is 0.871. The van der Waals surface area contributed by atoms with Crippen molar-refractivity contribution >= 4 is 11.9 Å². The van der Waals surface area contributed by atoms with E-state index in [1.54, 1.807) is 13.8 Å². The molecule has 0 bridgehead atoms. The number of benzene rings is 1. The van der Waals surface area contributed by atoms with Crippen LogP contribution >= 0.6 is 0 Å². The van der Waals surface area contributed by atoms with Crippen LogP contribution in [0.5, 0.6) is 0 Å². The predicted octanol–water partition coefficient (Wildman–Crippen LogP) is 3.44. The third kappa shape index (κ3) is 3.31. The number of aryl methyl sites for hydroxylation is 1. The first-order valence-electron chi connectivity index (χ1n) is 8.64. The van der Waals surface area contributed by atoms with Gasteiger partial charge < -0.3 is 14.6 Å². The minimum absolute atomic E-state index is 0.0396. The van der Waals surface area contributed by atoms with Crippen LogP contribution in [0, 0.1) is 13.8 Å². The normalized spacial score (nSPS) is 15.2. The monoisotopic (exact) mass is 340 g/mol. The topological polar surface area (TPSA) is 62.4 Å². The Bertz CT molecular complexity index is 772. The van der Waals surface area contributed by atoms with Crippen LogP contribution in [0.3, 0.4) is 0 Å². The number of nitrogens with zero attached hydrogens (tertiary/aromatic N) is 1. The first-order chi connectivity index (χ1) is 12.0. The number of hydrogen-bond donors (Lipinski definition) is 1. The molecule has 1 amide bonds. The second-order valence-electron chi connectivity index (χ2n) is 6.59. The van der Waals surface area contributed by atoms with Crippen molar-refractivity contribution in [3.8, 4) is 0 Å². The molecule has 1 saturated heterocycles. The van der Waals surface area contributed by atoms with Gasteiger partial charge in [0.2, 0.25) is 0 Å². The highest BCUT2D eigenvalue weighted by Crippen LogP contribution is 2.29. The van der Waals surface area contributed by atoms with E-state index >= 15 is 0 Å². The molecule has 2 heterocycles. The molecular weight excluding hydrogens is 316 g/mol. The van der Waals surface area contributed by atoms with E-state index in [-0.39, 0.29) is 5.91 Å². The van der Waals surface area contributed by atoms with Gasteiger partial charge in [0.15, 0.2) is 0 Å². The van der Waals surface area contributed by atoms with Crippen molar-refractivity contribution in [1.29, 1.82) is 0 Å². The molecule has 3 rings (SSSR count). The number of rotatable bonds is 3. The van der Waals surface area contributed by atoms with Crippen LogP contribution in [-0.4, -0.2) is 42.0 Å². The Morgan fingerprint density at radius 2 is 1.76 bits per heavy atom. The SMILES string of the molecule is COC(=O)c1c(C)[nH]c(C(=O)N2CCC(c3ccccc3)CC2)c1C. The van der Waals surface area contributed by atoms with Gasteiger partial charge in [-0.15, -0.1) is 0 Å². The number of H-pyrrole nitrogens is 1. The summed E-state index contributed by atoms with van der Waals surface area (Å²) in [5, 5.41) is 0. The first kappa shape index (κ1) is 17.3. The number of carbonyl (C=O) groups is 2. The maximum absolute atomic E-state index is 12.9. The molecule has 5 nitrogen and oxygen atoms in total. The minimum atomic E-state index is -0.409. The number of aromatic amines is 1. The number of aromatic nitrogens is 1. The van der Waals surface area contributed by atoms with E-state index in [9.17, 15) is 9.59 Å². The van der Waals surface area contributed by atoms with E-state index in [2.05, 4.69) is 29.2 Å². The molecular formula is C20H24N2O3. The summed E-state index contributed by atoms with van der Waals surface area (Å²) < 4.78 is 4.82. The van der Waals surface area contributed by atoms with E-state index in [1.807, 2.05) is 11.0 Å². The van der Waals surface area contributed by atoms with Crippen LogP contribution in [0.1, 0.15) is 56.4 Å². The number of hydrogen-bond acceptors (Lipinski definition) is 3. The van der Waals surface area contributed by atoms with Gasteiger partial charge in [-0.2, -0.15) is 0 Å². The molecule has 0 spiro atoms. The zero-order valence-corrected chi connectivity index (χ0v) is 15.0. The molecule has 0 atom stereocenters. The lowest BCUT2D eigenvalue weighted by atomic mass is 9.89. The summed E-state index contributed by atoms with van der Waals surface area (Å²) in [4.78, 5) is 29.7. The Hall–Kier alpha value is -2.56. The van der Waals surface area contributed by atoms with Gasteiger partial charge in [0, 0.05) is 18.8 Å². The molecule has 1 aliphatic rings. The van der Waals surface area contributed by atoms with Crippen LogP contribution in [0.2, 0.25) is 0 Å². The van der Waals surface area contributed by atoms with E-state index in [4.69, 9.17) is 4.74 Å². The number of likely N-dealkylation sites (tertiary alicyclic amines) is 1. The third-order valence-corrected chi connectivity index (χ3v) is 5.09. The van der Waals surface area contributed by atoms with Crippen molar-refractivity contribution < 1.29 is 14.3 Å². The first-order valence-corrected chi connectivity index (χ1v) is 8.64. The number of ether oxygens (including phenoxy) is 1. The van der Waals surface area contributed by atoms with Crippen molar-refractivity contribution in [2.75, 3.05) is 20.2 Å². The lowest BCUT2D eigenvalue weighted by molar-refractivity contribution is 0.0599. The number of esters is 1. The van der Waals surface area contributed by atoms with E-state index in [1.165, 1.54) is 12.7 Å². The molecule has 1 aromatic carbocycles. The third-order valence-electron chi connectivity index (χ3n) is 5.09. The van der Waals surface area contributed by atoms with Crippen molar-refractivity contribution in [1.82, 2.24) is 9.88 Å². The Labute approximate surface area is 148 Å². The van der Waals surface area contributed by atoms with Crippen molar-refractivity contribution in [2.24, 2.45) is 0 Å². The fourth-order valence-corrected chi connectivity index (χ4v) is 3.67. The zero-order valence-electron chi connectivity index (χ0n) is 15.0. The lowest BCUT2D eigenvalue weighted by Crippen LogP contribution is -2.38. The molecule has 1 fully saturated rings. The van der Waals surface area contributed by atoms with E-state index in [0.29, 0.717) is 28.4 Å². The van der Waals surface area contributed by atoms with Gasteiger partial charge in [0.25, 0.3) is 5.91 Å². The molecule has 1 aromatic heterocycles. The number of methoxy groups -OCH3 is 1. The predicted molar refractivity (Wildman–Crippen MR) is 95.9 cm³/mol. The summed E-state index contributed by atoms with van der Waals surface area (Å²) in [5.41, 5.74) is 3.64. The molecule has 2 aromatic rings. The summed E-state index contributed by atoms with van der Waals surface area (Å²) >= 11 is 0. The Kier molecular flexibility index (Phi) is 4.93. The maximum atomic E-state index is 12.9. The Balaban J connectivity index is 1.72. The van der Waals surface area contributed by atoms with Gasteiger partial charge in [-0.05, 0) is 43.7 Å². The highest BCUT2D eigenvalue weighted by atomic mass is 16.5. The lowest BCUT2D eigenvalue weighted by Gasteiger charge is -2.32. The minimum Gasteiger partial charge on any atom is -0.465 e. The van der Waals surface area contributed by atoms with E-state index < -0.39 is 5.97 Å². The summed E-state index contributed by atoms with van der Waals surface area (Å²) in [5.74, 6) is 0.0534. The van der Waals surface area contributed by atoms with Crippen LogP contribution in [-0.2, 0) is 4.74 Å². The maximum Gasteiger partial charge on any atom is 0.339 e. The Morgan fingerprint density at radius 3 is 2.36 bits per heavy atom. The van der Waals surface area contributed by atoms with Gasteiger partial charge in [0.05, 0.1) is 12.7 Å². The molecule has 5 heteroatoms. The summed E-state index contributed by atoms with van der Waals surface area (Å²) in [6.45, 7) is 5.03. The van der Waals surface area contributed by atoms with Crippen LogP contribution in [0.4, 0.5) is 0 Å². The second-order valence-corrected chi connectivity index (χ2v) is 6.59. The fourth-order valence-electron chi connectivity index (χ4n) is 3.67. The smallest absolute Gasteiger partial charge is 0.339 e. The van der Waals surface area contributed by atoms with Crippen LogP contribution in [0.15, 0.2) is 30.3 Å². The Morgan fingerprint density at radius 1 is 1.12 bits per heavy atom. The van der Waals surface area contributed by atoms with Crippen molar-refractivity contribution in [3.05, 3.63) is 58.4 Å². The molecule has 0 aliphatic carbocycles. The second kappa shape index (κ2) is 7.13. The number of amides is 1. The largest absolute Gasteiger partial charge is 0.465 e. The standard InChI is InChI=1S/C20H24N2O3/c1-13-17(20(24)25-3)14(2)21-18(13)19(23)22-11-9-16(10-12-22)15-7-5-4-6-8-15/h4-8,16,21H,9-12H2,1-3H3. The average Bonchev–Trinajstić information content (AvgIpc) is 2.95. The number of carbonyl (C=O) groups excluding carboxylic acids is 2. The van der Waals surface area contributed by atoms with Gasteiger partial charge in [-0.25, -0.2) is 4.79 Å². The molecule has 0 radical (unpaired) electrons. The van der Waals surface area contributed by atoms with Crippen LogP contribution in [0.25, 0.3) is 0 Å². The molecule has 0 unspecified atom stereocenters. The number of nitrogens with one attached hydrogen (secondary N) is 1. The highest BCUT2D eigenvalue weighted by Gasteiger charge is 2.28. The van der Waals surface area contributed by atoms with Crippen molar-refractivity contribution in [2.45, 2.75) is 32.6 Å². The number of piperidine rings is 1. The summed E-state index contributed by atoms with van der Waals surface area (Å²) in [7, 11) is 1.35. The zero-order chi connectivity index (χ0) is 18.0. The van der Waals surface area contributed by atoms with Gasteiger partial charge >= 0.3 is 5.97 Å². The van der Waals surface area contributed by atoms with Crippen molar-refractivity contribution in [3.63, 3.8) is 0 Å². The molecule has 0 saturated carbocycles. The summed E-state index contributed by atoms with van der Waals surface area (Å²) in [6.07, 6.45) is 1.91. The summed E-state index contributed by atoms with van der Waals surface area (Å²) in [6, 6.07) is 10.5. The molecule has 1 aliphatic heterocycles. The average molecular weight is 340 g/mol. The van der Waals surface area contributed by atoms with E-state index in [0.717, 1.165) is 25.9 Å². The fraction of sp³-hybridized carbons (Fsp3) is 0.400.